The Balaban J connectivity index is 1.36. The summed E-state index contributed by atoms with van der Waals surface area (Å²) >= 11 is 1.24. The zero-order chi connectivity index (χ0) is 29.1. The molecule has 2 fully saturated rings. The average Bonchev–Trinajstić information content (AvgIpc) is 3.23. The molecule has 1 aliphatic carbocycles. The number of piperidine rings is 1. The third-order valence-electron chi connectivity index (χ3n) is 7.97. The zero-order valence-corrected chi connectivity index (χ0v) is 25.3. The monoisotopic (exact) mass is 605 g/mol. The third kappa shape index (κ3) is 7.10. The lowest BCUT2D eigenvalue weighted by Gasteiger charge is -2.43. The van der Waals surface area contributed by atoms with Crippen LogP contribution in [0.2, 0.25) is 0 Å². The molecule has 2 unspecified atom stereocenters. The molecule has 0 bridgehead atoms. The molecule has 0 spiro atoms. The number of nitrogens with one attached hydrogen (secondary N) is 2. The van der Waals surface area contributed by atoms with Gasteiger partial charge in [-0.1, -0.05) is 44.4 Å². The van der Waals surface area contributed by atoms with Crippen LogP contribution < -0.4 is 20.7 Å². The molecule has 220 valence electrons. The van der Waals surface area contributed by atoms with Gasteiger partial charge in [0.05, 0.1) is 47.1 Å². The molecule has 0 amide bonds. The van der Waals surface area contributed by atoms with Gasteiger partial charge in [0.1, 0.15) is 11.9 Å². The number of hydrogen-bond acceptors (Lipinski definition) is 5. The molecule has 0 radical (unpaired) electrons. The lowest BCUT2D eigenvalue weighted by Crippen LogP contribution is -2.53. The lowest BCUT2D eigenvalue weighted by atomic mass is 9.89. The van der Waals surface area contributed by atoms with Gasteiger partial charge < -0.3 is 15.4 Å². The van der Waals surface area contributed by atoms with Gasteiger partial charge in [-0.2, -0.15) is 13.2 Å². The van der Waals surface area contributed by atoms with E-state index in [0.717, 1.165) is 25.1 Å². The van der Waals surface area contributed by atoms with E-state index in [1.165, 1.54) is 23.1 Å². The van der Waals surface area contributed by atoms with E-state index in [4.69, 9.17) is 4.74 Å². The second kappa shape index (κ2) is 12.8. The summed E-state index contributed by atoms with van der Waals surface area (Å²) in [5, 5.41) is 8.30. The minimum Gasteiger partial charge on any atom is -0.495 e. The summed E-state index contributed by atoms with van der Waals surface area (Å²) in [5.41, 5.74) is 1.62. The van der Waals surface area contributed by atoms with Gasteiger partial charge in [-0.25, -0.2) is 4.39 Å². The summed E-state index contributed by atoms with van der Waals surface area (Å²) in [7, 11) is 1.34. The minimum absolute atomic E-state index is 0.173. The van der Waals surface area contributed by atoms with Crippen molar-refractivity contribution >= 4 is 46.0 Å². The fourth-order valence-corrected chi connectivity index (χ4v) is 7.42. The van der Waals surface area contributed by atoms with Crippen LogP contribution in [-0.2, 0) is 6.42 Å². The van der Waals surface area contributed by atoms with Gasteiger partial charge in [0.15, 0.2) is 0 Å². The molecule has 1 saturated carbocycles. The van der Waals surface area contributed by atoms with Gasteiger partial charge >= 0.3 is 6.18 Å². The molecule has 10 heteroatoms. The number of alkyl halides is 4. The van der Waals surface area contributed by atoms with Gasteiger partial charge in [-0.05, 0) is 67.0 Å². The molecule has 2 aliphatic rings. The minimum atomic E-state index is -4.38. The quantitative estimate of drug-likeness (QED) is 0.162. The van der Waals surface area contributed by atoms with Crippen molar-refractivity contribution in [3.63, 3.8) is 0 Å². The van der Waals surface area contributed by atoms with Crippen molar-refractivity contribution in [2.24, 2.45) is 0 Å². The Morgan fingerprint density at radius 3 is 2.59 bits per heavy atom. The molecule has 2 atom stereocenters. The normalized spacial score (nSPS) is 20.0. The standard InChI is InChI=1S/C31H36F4N3OPS/c1-39-28-17-21(40(2)3)12-13-26(28)36-15-6-11-29-23(18-31(33,34)35)22-9-5-10-27(30(22)41-29)37-25-14-16-38(19-24(25)32)20-7-4-8-20/h5,9-10,12-13,17,20,24-25,36-37H,4,7-8,14-16,18-19H2,1-3H3. The van der Waals surface area contributed by atoms with E-state index in [2.05, 4.69) is 40.7 Å². The first kappa shape index (κ1) is 29.9. The Morgan fingerprint density at radius 2 is 1.93 bits per heavy atom. The van der Waals surface area contributed by atoms with E-state index in [-0.39, 0.29) is 26.1 Å². The van der Waals surface area contributed by atoms with Crippen LogP contribution in [0.15, 0.2) is 36.4 Å². The van der Waals surface area contributed by atoms with Crippen molar-refractivity contribution in [1.29, 1.82) is 0 Å². The molecule has 41 heavy (non-hydrogen) atoms. The Bertz CT molecular complexity index is 1430. The largest absolute Gasteiger partial charge is 0.495 e. The van der Waals surface area contributed by atoms with E-state index in [9.17, 15) is 13.2 Å². The maximum absolute atomic E-state index is 15.2. The van der Waals surface area contributed by atoms with Crippen LogP contribution >= 0.6 is 19.3 Å². The third-order valence-corrected chi connectivity index (χ3v) is 10.5. The highest BCUT2D eigenvalue weighted by Crippen LogP contribution is 2.40. The van der Waals surface area contributed by atoms with E-state index in [1.807, 2.05) is 24.3 Å². The summed E-state index contributed by atoms with van der Waals surface area (Å²) in [4.78, 5) is 2.63. The number of hydrogen-bond donors (Lipinski definition) is 2. The maximum atomic E-state index is 15.2. The van der Waals surface area contributed by atoms with Crippen LogP contribution in [0.5, 0.6) is 5.75 Å². The van der Waals surface area contributed by atoms with Gasteiger partial charge in [0.2, 0.25) is 0 Å². The summed E-state index contributed by atoms with van der Waals surface area (Å²) in [6, 6.07) is 11.4. The fourth-order valence-electron chi connectivity index (χ4n) is 5.50. The highest BCUT2D eigenvalue weighted by molar-refractivity contribution is 7.64. The topological polar surface area (TPSA) is 36.5 Å². The second-order valence-electron chi connectivity index (χ2n) is 11.0. The molecule has 3 aromatic rings. The van der Waals surface area contributed by atoms with Crippen molar-refractivity contribution in [3.8, 4) is 17.6 Å². The number of ether oxygens (including phenoxy) is 1. The molecule has 2 N–H and O–H groups in total. The first-order chi connectivity index (χ1) is 19.6. The fraction of sp³-hybridized carbons (Fsp3) is 0.484. The molecular weight excluding hydrogens is 569 g/mol. The number of likely N-dealkylation sites (tertiary alicyclic amines) is 1. The zero-order valence-electron chi connectivity index (χ0n) is 23.6. The van der Waals surface area contributed by atoms with Gasteiger partial charge in [-0.3, -0.25) is 4.90 Å². The molecule has 2 aromatic carbocycles. The highest BCUT2D eigenvalue weighted by atomic mass is 32.1. The summed E-state index contributed by atoms with van der Waals surface area (Å²) in [6.45, 7) is 5.82. The molecule has 2 heterocycles. The number of rotatable bonds is 8. The Hall–Kier alpha value is -2.53. The summed E-state index contributed by atoms with van der Waals surface area (Å²) in [5.74, 6) is 6.71. The number of nitrogens with zero attached hydrogens (tertiary/aromatic N) is 1. The van der Waals surface area contributed by atoms with Gasteiger partial charge in [0, 0.05) is 19.1 Å². The van der Waals surface area contributed by atoms with E-state index in [0.29, 0.717) is 45.4 Å². The Labute approximate surface area is 244 Å². The van der Waals surface area contributed by atoms with Crippen LogP contribution in [0.4, 0.5) is 28.9 Å². The second-order valence-corrected chi connectivity index (χ2v) is 14.3. The van der Waals surface area contributed by atoms with Crippen LogP contribution in [-0.4, -0.2) is 69.4 Å². The van der Waals surface area contributed by atoms with E-state index in [1.54, 1.807) is 19.2 Å². The van der Waals surface area contributed by atoms with Crippen molar-refractivity contribution in [3.05, 3.63) is 46.8 Å². The average molecular weight is 606 g/mol. The molecule has 1 saturated heterocycles. The van der Waals surface area contributed by atoms with E-state index >= 15 is 4.39 Å². The first-order valence-corrected chi connectivity index (χ1v) is 17.0. The number of thiophene rings is 1. The first-order valence-electron chi connectivity index (χ1n) is 14.0. The van der Waals surface area contributed by atoms with Crippen LogP contribution in [0.3, 0.4) is 0 Å². The number of halogens is 4. The summed E-state index contributed by atoms with van der Waals surface area (Å²) in [6.07, 6.45) is -2.33. The van der Waals surface area contributed by atoms with Crippen LogP contribution in [0, 0.1) is 11.8 Å². The molecule has 1 aromatic heterocycles. The molecule has 5 rings (SSSR count). The van der Waals surface area contributed by atoms with Crippen molar-refractivity contribution in [1.82, 2.24) is 4.90 Å². The predicted octanol–water partition coefficient (Wildman–Crippen LogP) is 7.22. The highest BCUT2D eigenvalue weighted by Gasteiger charge is 2.35. The number of anilines is 2. The number of methoxy groups -OCH3 is 1. The van der Waals surface area contributed by atoms with Crippen LogP contribution in [0.1, 0.15) is 36.1 Å². The summed E-state index contributed by atoms with van der Waals surface area (Å²) < 4.78 is 62.3. The SMILES string of the molecule is COc1cc(P(C)C)ccc1NCC#Cc1sc2c(NC3CCN(C4CCC4)CC3F)cccc2c1CC(F)(F)F. The molecule has 4 nitrogen and oxygen atoms in total. The predicted molar refractivity (Wildman–Crippen MR) is 164 cm³/mol. The smallest absolute Gasteiger partial charge is 0.393 e. The Kier molecular flexibility index (Phi) is 9.33. The number of fused-ring (bicyclic) bond motifs is 1. The lowest BCUT2D eigenvalue weighted by molar-refractivity contribution is -0.126. The molecule has 1 aliphatic heterocycles. The molecular formula is C31H36F4N3OPS. The van der Waals surface area contributed by atoms with Crippen molar-refractivity contribution in [2.75, 3.05) is 50.7 Å². The van der Waals surface area contributed by atoms with Crippen LogP contribution in [0.25, 0.3) is 10.1 Å². The van der Waals surface area contributed by atoms with Crippen molar-refractivity contribution < 1.29 is 22.3 Å². The van der Waals surface area contributed by atoms with E-state index < -0.39 is 18.8 Å². The maximum Gasteiger partial charge on any atom is 0.393 e. The number of benzene rings is 2. The van der Waals surface area contributed by atoms with Gasteiger partial charge in [0.25, 0.3) is 0 Å². The van der Waals surface area contributed by atoms with Crippen molar-refractivity contribution in [2.45, 2.75) is 56.5 Å². The van der Waals surface area contributed by atoms with Gasteiger partial charge in [-0.15, -0.1) is 11.3 Å². The Morgan fingerprint density at radius 1 is 1.12 bits per heavy atom.